The third-order valence-corrected chi connectivity index (χ3v) is 4.16. The maximum atomic E-state index is 11.9. The van der Waals surface area contributed by atoms with Gasteiger partial charge in [0.05, 0.1) is 7.11 Å². The van der Waals surface area contributed by atoms with Crippen LogP contribution >= 0.6 is 0 Å². The molecule has 0 heterocycles. The van der Waals surface area contributed by atoms with Gasteiger partial charge in [-0.1, -0.05) is 24.3 Å². The third kappa shape index (κ3) is 2.07. The van der Waals surface area contributed by atoms with Gasteiger partial charge in [0.15, 0.2) is 0 Å². The summed E-state index contributed by atoms with van der Waals surface area (Å²) in [4.78, 5) is 2.15. The van der Waals surface area contributed by atoms with Crippen molar-refractivity contribution in [2.75, 3.05) is 26.1 Å². The smallest absolute Gasteiger partial charge is 0.297 e. The first-order chi connectivity index (χ1) is 8.47. The van der Waals surface area contributed by atoms with Crippen molar-refractivity contribution < 1.29 is 12.6 Å². The first-order valence-electron chi connectivity index (χ1n) is 5.47. The van der Waals surface area contributed by atoms with Gasteiger partial charge in [-0.05, 0) is 12.1 Å². The number of nitrogens with zero attached hydrogens (tertiary/aromatic N) is 1. The number of benzene rings is 2. The van der Waals surface area contributed by atoms with E-state index in [1.165, 1.54) is 7.11 Å². The van der Waals surface area contributed by atoms with E-state index in [0.29, 0.717) is 5.39 Å². The van der Waals surface area contributed by atoms with Crippen molar-refractivity contribution in [2.45, 2.75) is 4.90 Å². The van der Waals surface area contributed by atoms with E-state index in [2.05, 4.69) is 4.18 Å². The van der Waals surface area contributed by atoms with Gasteiger partial charge in [0, 0.05) is 30.6 Å². The molecule has 0 saturated heterocycles. The summed E-state index contributed by atoms with van der Waals surface area (Å²) in [5.41, 5.74) is 0.973. The molecule has 0 fully saturated rings. The largest absolute Gasteiger partial charge is 0.377 e. The summed E-state index contributed by atoms with van der Waals surface area (Å²) in [5.74, 6) is 0. The number of rotatable bonds is 3. The molecule has 0 amide bonds. The van der Waals surface area contributed by atoms with Gasteiger partial charge in [0.2, 0.25) is 0 Å². The lowest BCUT2D eigenvalue weighted by atomic mass is 10.1. The molecule has 2 aromatic rings. The summed E-state index contributed by atoms with van der Waals surface area (Å²) in [7, 11) is 1.33. The fourth-order valence-corrected chi connectivity index (χ4v) is 2.83. The highest BCUT2D eigenvalue weighted by molar-refractivity contribution is 7.87. The zero-order chi connectivity index (χ0) is 13.3. The van der Waals surface area contributed by atoms with Crippen molar-refractivity contribution in [1.82, 2.24) is 0 Å². The Morgan fingerprint density at radius 3 is 2.22 bits per heavy atom. The Balaban J connectivity index is 2.84. The average Bonchev–Trinajstić information content (AvgIpc) is 2.37. The lowest BCUT2D eigenvalue weighted by Crippen LogP contribution is -2.10. The normalized spacial score (nSPS) is 11.7. The number of fused-ring (bicyclic) bond motifs is 1. The van der Waals surface area contributed by atoms with E-state index in [-0.39, 0.29) is 4.90 Å². The summed E-state index contributed by atoms with van der Waals surface area (Å²) >= 11 is 0. The Hall–Kier alpha value is -1.59. The lowest BCUT2D eigenvalue weighted by Gasteiger charge is -2.16. The summed E-state index contributed by atoms with van der Waals surface area (Å²) in [5, 5.41) is 1.56. The highest BCUT2D eigenvalue weighted by atomic mass is 32.2. The molecule has 0 saturated carbocycles. The van der Waals surface area contributed by atoms with Crippen LogP contribution < -0.4 is 4.90 Å². The molecule has 0 unspecified atom stereocenters. The predicted octanol–water partition coefficient (Wildman–Crippen LogP) is 2.24. The first kappa shape index (κ1) is 12.9. The van der Waals surface area contributed by atoms with Crippen LogP contribution in [0.2, 0.25) is 0 Å². The Morgan fingerprint density at radius 1 is 1.00 bits per heavy atom. The predicted molar refractivity (Wildman–Crippen MR) is 72.5 cm³/mol. The van der Waals surface area contributed by atoms with Crippen LogP contribution in [0.5, 0.6) is 0 Å². The molecule has 0 N–H and O–H groups in total. The molecule has 0 aromatic heterocycles. The Morgan fingerprint density at radius 2 is 1.61 bits per heavy atom. The van der Waals surface area contributed by atoms with Crippen LogP contribution in [0.4, 0.5) is 5.69 Å². The van der Waals surface area contributed by atoms with E-state index >= 15 is 0 Å². The minimum Gasteiger partial charge on any atom is -0.377 e. The second-order valence-corrected chi connectivity index (χ2v) is 5.83. The molecule has 0 bridgehead atoms. The van der Waals surface area contributed by atoms with E-state index in [1.54, 1.807) is 18.2 Å². The first-order valence-corrected chi connectivity index (χ1v) is 6.88. The van der Waals surface area contributed by atoms with Crippen LogP contribution in [-0.4, -0.2) is 29.6 Å². The second kappa shape index (κ2) is 4.59. The van der Waals surface area contributed by atoms with Gasteiger partial charge in [-0.2, -0.15) is 8.42 Å². The molecule has 18 heavy (non-hydrogen) atoms. The van der Waals surface area contributed by atoms with Crippen LogP contribution in [0.3, 0.4) is 0 Å². The molecule has 0 atom stereocenters. The molecule has 96 valence electrons. The van der Waals surface area contributed by atoms with Gasteiger partial charge in [-0.15, -0.1) is 0 Å². The number of anilines is 1. The summed E-state index contributed by atoms with van der Waals surface area (Å²) < 4.78 is 28.3. The molecule has 4 nitrogen and oxygen atoms in total. The molecule has 0 spiro atoms. The van der Waals surface area contributed by atoms with Crippen molar-refractivity contribution in [2.24, 2.45) is 0 Å². The molecular weight excluding hydrogens is 250 g/mol. The lowest BCUT2D eigenvalue weighted by molar-refractivity contribution is 0.398. The van der Waals surface area contributed by atoms with Crippen LogP contribution in [0.15, 0.2) is 41.3 Å². The van der Waals surface area contributed by atoms with E-state index in [4.69, 9.17) is 0 Å². The maximum Gasteiger partial charge on any atom is 0.297 e. The van der Waals surface area contributed by atoms with Crippen LogP contribution in [-0.2, 0) is 14.3 Å². The quantitative estimate of drug-likeness (QED) is 0.798. The Kier molecular flexibility index (Phi) is 3.28. The molecule has 0 aliphatic rings. The van der Waals surface area contributed by atoms with Gasteiger partial charge in [0.25, 0.3) is 10.1 Å². The van der Waals surface area contributed by atoms with E-state index in [9.17, 15) is 8.42 Å². The fraction of sp³-hybridized carbons (Fsp3) is 0.231. The Labute approximate surface area is 107 Å². The summed E-state index contributed by atoms with van der Waals surface area (Å²) in [6.07, 6.45) is 0. The van der Waals surface area contributed by atoms with Crippen molar-refractivity contribution in [1.29, 1.82) is 0 Å². The van der Waals surface area contributed by atoms with Crippen molar-refractivity contribution in [3.8, 4) is 0 Å². The van der Waals surface area contributed by atoms with Gasteiger partial charge in [0.1, 0.15) is 4.90 Å². The molecule has 2 aromatic carbocycles. The van der Waals surface area contributed by atoms with Gasteiger partial charge in [-0.3, -0.25) is 4.18 Å². The molecule has 2 rings (SSSR count). The van der Waals surface area contributed by atoms with Crippen molar-refractivity contribution in [3.63, 3.8) is 0 Å². The van der Waals surface area contributed by atoms with E-state index in [0.717, 1.165) is 11.1 Å². The minimum absolute atomic E-state index is 0.200. The molecule has 0 aliphatic carbocycles. The highest BCUT2D eigenvalue weighted by Gasteiger charge is 2.17. The van der Waals surface area contributed by atoms with Crippen molar-refractivity contribution in [3.05, 3.63) is 36.4 Å². The standard InChI is InChI=1S/C13H15NO3S/c1-14(2)12-8-4-7-11-10(12)6-5-9-13(11)18(15,16)17-3/h4-9H,1-3H3. The van der Waals surface area contributed by atoms with E-state index < -0.39 is 10.1 Å². The monoisotopic (exact) mass is 265 g/mol. The van der Waals surface area contributed by atoms with Crippen LogP contribution in [0.25, 0.3) is 10.8 Å². The number of hydrogen-bond donors (Lipinski definition) is 0. The zero-order valence-corrected chi connectivity index (χ0v) is 11.4. The summed E-state index contributed by atoms with van der Waals surface area (Å²) in [6.45, 7) is 0. The average molecular weight is 265 g/mol. The SMILES string of the molecule is COS(=O)(=O)c1cccc2c(N(C)C)cccc12. The molecule has 0 aliphatic heterocycles. The fourth-order valence-electron chi connectivity index (χ4n) is 1.96. The molecule has 0 radical (unpaired) electrons. The third-order valence-electron chi connectivity index (χ3n) is 2.83. The van der Waals surface area contributed by atoms with E-state index in [1.807, 2.05) is 37.2 Å². The van der Waals surface area contributed by atoms with Gasteiger partial charge >= 0.3 is 0 Å². The van der Waals surface area contributed by atoms with Crippen LogP contribution in [0.1, 0.15) is 0 Å². The second-order valence-electron chi connectivity index (χ2n) is 4.14. The zero-order valence-electron chi connectivity index (χ0n) is 10.5. The Bertz CT molecular complexity index is 678. The topological polar surface area (TPSA) is 46.6 Å². The minimum atomic E-state index is -3.69. The van der Waals surface area contributed by atoms with Crippen molar-refractivity contribution >= 4 is 26.6 Å². The molecular formula is C13H15NO3S. The maximum absolute atomic E-state index is 11.9. The summed E-state index contributed by atoms with van der Waals surface area (Å²) in [6, 6.07) is 10.8. The molecule has 5 heteroatoms. The van der Waals surface area contributed by atoms with Gasteiger partial charge < -0.3 is 4.90 Å². The number of hydrogen-bond acceptors (Lipinski definition) is 4. The van der Waals surface area contributed by atoms with Crippen LogP contribution in [0, 0.1) is 0 Å². The highest BCUT2D eigenvalue weighted by Crippen LogP contribution is 2.30. The van der Waals surface area contributed by atoms with Gasteiger partial charge in [-0.25, -0.2) is 0 Å².